The highest BCUT2D eigenvalue weighted by Crippen LogP contribution is 2.69. The zero-order valence-electron chi connectivity index (χ0n) is 9.33. The molecule has 84 valence electrons. The average Bonchev–Trinajstić information content (AvgIpc) is 2.68. The van der Waals surface area contributed by atoms with Gasteiger partial charge in [-0.25, -0.2) is 0 Å². The van der Waals surface area contributed by atoms with Crippen LogP contribution in [0.5, 0.6) is 0 Å². The minimum Gasteiger partial charge on any atom is -0.355 e. The van der Waals surface area contributed by atoms with Gasteiger partial charge in [-0.15, -0.1) is 0 Å². The summed E-state index contributed by atoms with van der Waals surface area (Å²) in [6.07, 6.45) is 4.22. The molecule has 3 saturated carbocycles. The minimum absolute atomic E-state index is 0.330. The summed E-state index contributed by atoms with van der Waals surface area (Å²) in [7, 11) is 1.91. The van der Waals surface area contributed by atoms with Crippen LogP contribution in [0.15, 0.2) is 0 Å². The Balaban J connectivity index is 1.52. The summed E-state index contributed by atoms with van der Waals surface area (Å²) >= 11 is 0. The van der Waals surface area contributed by atoms with Crippen molar-refractivity contribution in [2.45, 2.75) is 19.3 Å². The van der Waals surface area contributed by atoms with Crippen LogP contribution < -0.4 is 10.6 Å². The predicted octanol–water partition coefficient (Wildman–Crippen LogP) is 0.614. The molecular weight excluding hydrogens is 188 g/mol. The van der Waals surface area contributed by atoms with Gasteiger partial charge in [-0.05, 0) is 50.0 Å². The fourth-order valence-corrected chi connectivity index (χ4v) is 4.10. The van der Waals surface area contributed by atoms with Gasteiger partial charge < -0.3 is 10.6 Å². The SMILES string of the molecule is CNCCNC(=O)C1C2C3CCC(C3)C12. The van der Waals surface area contributed by atoms with Crippen LogP contribution in [-0.4, -0.2) is 26.0 Å². The second-order valence-electron chi connectivity index (χ2n) is 5.41. The summed E-state index contributed by atoms with van der Waals surface area (Å²) in [6.45, 7) is 1.65. The van der Waals surface area contributed by atoms with Crippen LogP contribution in [-0.2, 0) is 4.79 Å². The van der Waals surface area contributed by atoms with Crippen molar-refractivity contribution in [3.05, 3.63) is 0 Å². The van der Waals surface area contributed by atoms with Crippen LogP contribution in [0, 0.1) is 29.6 Å². The fraction of sp³-hybridized carbons (Fsp3) is 0.917. The molecule has 4 unspecified atom stereocenters. The second-order valence-corrected chi connectivity index (χ2v) is 5.41. The molecular formula is C12H20N2O. The van der Waals surface area contributed by atoms with Crippen molar-refractivity contribution in [2.75, 3.05) is 20.1 Å². The number of carbonyl (C=O) groups is 1. The normalized spacial score (nSPS) is 45.3. The molecule has 0 aromatic heterocycles. The molecule has 0 aromatic carbocycles. The van der Waals surface area contributed by atoms with E-state index in [1.807, 2.05) is 7.05 Å². The monoisotopic (exact) mass is 208 g/mol. The third-order valence-electron chi connectivity index (χ3n) is 4.71. The third kappa shape index (κ3) is 1.40. The number of fused-ring (bicyclic) bond motifs is 5. The van der Waals surface area contributed by atoms with Crippen LogP contribution in [0.3, 0.4) is 0 Å². The molecule has 0 aromatic rings. The minimum atomic E-state index is 0.330. The molecule has 3 fully saturated rings. The van der Waals surface area contributed by atoms with E-state index in [-0.39, 0.29) is 0 Å². The summed E-state index contributed by atoms with van der Waals surface area (Å²) in [5.41, 5.74) is 0. The van der Waals surface area contributed by atoms with Crippen molar-refractivity contribution in [3.63, 3.8) is 0 Å². The summed E-state index contributed by atoms with van der Waals surface area (Å²) in [4.78, 5) is 11.9. The number of likely N-dealkylation sites (N-methyl/N-ethyl adjacent to an activating group) is 1. The smallest absolute Gasteiger partial charge is 0.223 e. The van der Waals surface area contributed by atoms with Crippen LogP contribution in [0.1, 0.15) is 19.3 Å². The summed E-state index contributed by atoms with van der Waals surface area (Å²) in [5, 5.41) is 6.09. The Morgan fingerprint density at radius 3 is 2.47 bits per heavy atom. The first-order valence-corrected chi connectivity index (χ1v) is 6.25. The van der Waals surface area contributed by atoms with Crippen molar-refractivity contribution in [1.82, 2.24) is 10.6 Å². The molecule has 0 radical (unpaired) electrons. The molecule has 3 aliphatic carbocycles. The van der Waals surface area contributed by atoms with E-state index in [4.69, 9.17) is 0 Å². The van der Waals surface area contributed by atoms with E-state index >= 15 is 0 Å². The van der Waals surface area contributed by atoms with Gasteiger partial charge in [0, 0.05) is 19.0 Å². The predicted molar refractivity (Wildman–Crippen MR) is 58.2 cm³/mol. The molecule has 3 aliphatic rings. The molecule has 0 aliphatic heterocycles. The molecule has 15 heavy (non-hydrogen) atoms. The molecule has 3 heteroatoms. The topological polar surface area (TPSA) is 41.1 Å². The molecule has 1 amide bonds. The van der Waals surface area contributed by atoms with E-state index in [1.54, 1.807) is 0 Å². The molecule has 2 bridgehead atoms. The molecule has 0 saturated heterocycles. The molecule has 0 heterocycles. The third-order valence-corrected chi connectivity index (χ3v) is 4.71. The van der Waals surface area contributed by atoms with E-state index in [9.17, 15) is 4.79 Å². The van der Waals surface area contributed by atoms with Crippen LogP contribution >= 0.6 is 0 Å². The Kier molecular flexibility index (Phi) is 2.23. The van der Waals surface area contributed by atoms with Gasteiger partial charge in [0.15, 0.2) is 0 Å². The highest BCUT2D eigenvalue weighted by Gasteiger charge is 2.67. The first-order valence-electron chi connectivity index (χ1n) is 6.25. The summed E-state index contributed by atoms with van der Waals surface area (Å²) < 4.78 is 0. The van der Waals surface area contributed by atoms with Crippen LogP contribution in [0.2, 0.25) is 0 Å². The van der Waals surface area contributed by atoms with Crippen LogP contribution in [0.25, 0.3) is 0 Å². The van der Waals surface area contributed by atoms with Crippen molar-refractivity contribution in [1.29, 1.82) is 0 Å². The Labute approximate surface area is 91.0 Å². The molecule has 3 nitrogen and oxygen atoms in total. The molecule has 3 rings (SSSR count). The lowest BCUT2D eigenvalue weighted by Crippen LogP contribution is -2.32. The standard InChI is InChI=1S/C12H20N2O/c1-13-4-5-14-12(15)11-9-7-2-3-8(6-7)10(9)11/h7-11,13H,2-6H2,1H3,(H,14,15). The van der Waals surface area contributed by atoms with Gasteiger partial charge in [0.2, 0.25) is 5.91 Å². The maximum absolute atomic E-state index is 11.9. The van der Waals surface area contributed by atoms with E-state index in [0.29, 0.717) is 11.8 Å². The number of nitrogens with one attached hydrogen (secondary N) is 2. The van der Waals surface area contributed by atoms with Gasteiger partial charge in [0.1, 0.15) is 0 Å². The van der Waals surface area contributed by atoms with Crippen molar-refractivity contribution < 1.29 is 4.79 Å². The van der Waals surface area contributed by atoms with Crippen molar-refractivity contribution >= 4 is 5.91 Å². The number of amides is 1. The van der Waals surface area contributed by atoms with E-state index in [2.05, 4.69) is 10.6 Å². The van der Waals surface area contributed by atoms with Gasteiger partial charge in [-0.3, -0.25) is 4.79 Å². The highest BCUT2D eigenvalue weighted by molar-refractivity contribution is 5.82. The van der Waals surface area contributed by atoms with E-state index in [1.165, 1.54) is 19.3 Å². The van der Waals surface area contributed by atoms with E-state index < -0.39 is 0 Å². The van der Waals surface area contributed by atoms with Crippen LogP contribution in [0.4, 0.5) is 0 Å². The lowest BCUT2D eigenvalue weighted by Gasteiger charge is -2.09. The Hall–Kier alpha value is -0.570. The lowest BCUT2D eigenvalue weighted by atomic mass is 10.0. The summed E-state index contributed by atoms with van der Waals surface area (Å²) in [6, 6.07) is 0. The summed E-state index contributed by atoms with van der Waals surface area (Å²) in [5.74, 6) is 4.08. The Morgan fingerprint density at radius 2 is 1.87 bits per heavy atom. The lowest BCUT2D eigenvalue weighted by molar-refractivity contribution is -0.123. The zero-order valence-corrected chi connectivity index (χ0v) is 9.33. The zero-order chi connectivity index (χ0) is 10.4. The Morgan fingerprint density at radius 1 is 1.20 bits per heavy atom. The number of hydrogen-bond acceptors (Lipinski definition) is 2. The van der Waals surface area contributed by atoms with E-state index in [0.717, 1.165) is 36.8 Å². The molecule has 0 spiro atoms. The number of rotatable bonds is 4. The van der Waals surface area contributed by atoms with Gasteiger partial charge in [-0.2, -0.15) is 0 Å². The van der Waals surface area contributed by atoms with Crippen molar-refractivity contribution in [2.24, 2.45) is 29.6 Å². The number of carbonyl (C=O) groups excluding carboxylic acids is 1. The quantitative estimate of drug-likeness (QED) is 0.665. The first kappa shape index (κ1) is 9.64. The van der Waals surface area contributed by atoms with Gasteiger partial charge in [0.25, 0.3) is 0 Å². The second kappa shape index (κ2) is 3.48. The Bertz CT molecular complexity index is 263. The first-order chi connectivity index (χ1) is 7.33. The molecule has 4 atom stereocenters. The number of hydrogen-bond donors (Lipinski definition) is 2. The van der Waals surface area contributed by atoms with Crippen molar-refractivity contribution in [3.8, 4) is 0 Å². The maximum Gasteiger partial charge on any atom is 0.223 e. The largest absolute Gasteiger partial charge is 0.355 e. The van der Waals surface area contributed by atoms with Gasteiger partial charge in [-0.1, -0.05) is 0 Å². The van der Waals surface area contributed by atoms with Gasteiger partial charge in [0.05, 0.1) is 0 Å². The fourth-order valence-electron chi connectivity index (χ4n) is 4.10. The molecule has 2 N–H and O–H groups in total. The van der Waals surface area contributed by atoms with Gasteiger partial charge >= 0.3 is 0 Å². The highest BCUT2D eigenvalue weighted by atomic mass is 16.2. The maximum atomic E-state index is 11.9. The average molecular weight is 208 g/mol.